The van der Waals surface area contributed by atoms with Crippen LogP contribution in [0.2, 0.25) is 0 Å². The van der Waals surface area contributed by atoms with Gasteiger partial charge in [0, 0.05) is 11.8 Å². The molecule has 0 saturated carbocycles. The number of hydrogen-bond acceptors (Lipinski definition) is 7. The summed E-state index contributed by atoms with van der Waals surface area (Å²) in [5.41, 5.74) is 2.07. The number of carbonyl (C=O) groups excluding carboxylic acids is 1. The Morgan fingerprint density at radius 3 is 2.92 bits per heavy atom. The zero-order valence-corrected chi connectivity index (χ0v) is 13.9. The van der Waals surface area contributed by atoms with Crippen LogP contribution in [0, 0.1) is 11.3 Å². The van der Waals surface area contributed by atoms with Gasteiger partial charge in [-0.25, -0.2) is 9.78 Å². The SMILES string of the molecule is CCOC(=O)/C(=C\C#N)Nc1ccc(O)c(-c2nc3ccccc3o2)c1. The predicted octanol–water partition coefficient (Wildman–Crippen LogP) is 3.58. The Bertz CT molecular complexity index is 998. The number of nitrogens with zero attached hydrogens (tertiary/aromatic N) is 2. The topological polar surface area (TPSA) is 108 Å². The van der Waals surface area contributed by atoms with Gasteiger partial charge in [-0.05, 0) is 37.3 Å². The van der Waals surface area contributed by atoms with Crippen molar-refractivity contribution in [2.75, 3.05) is 11.9 Å². The number of hydrogen-bond donors (Lipinski definition) is 2. The molecular formula is C19H15N3O4. The quantitative estimate of drug-likeness (QED) is 0.313. The number of aromatic nitrogens is 1. The minimum absolute atomic E-state index is 0.0106. The van der Waals surface area contributed by atoms with Crippen molar-refractivity contribution in [1.29, 1.82) is 5.26 Å². The fourth-order valence-corrected chi connectivity index (χ4v) is 2.35. The van der Waals surface area contributed by atoms with Gasteiger partial charge in [0.15, 0.2) is 5.58 Å². The predicted molar refractivity (Wildman–Crippen MR) is 95.1 cm³/mol. The number of esters is 1. The van der Waals surface area contributed by atoms with Gasteiger partial charge >= 0.3 is 5.97 Å². The van der Waals surface area contributed by atoms with E-state index in [1.165, 1.54) is 6.07 Å². The lowest BCUT2D eigenvalue weighted by Gasteiger charge is -2.10. The molecule has 0 amide bonds. The van der Waals surface area contributed by atoms with Crippen molar-refractivity contribution in [3.05, 3.63) is 54.2 Å². The Morgan fingerprint density at radius 1 is 1.38 bits per heavy atom. The van der Waals surface area contributed by atoms with Crippen molar-refractivity contribution in [3.8, 4) is 23.3 Å². The first-order valence-electron chi connectivity index (χ1n) is 7.85. The summed E-state index contributed by atoms with van der Waals surface area (Å²) in [5.74, 6) is -0.427. The highest BCUT2D eigenvalue weighted by Gasteiger charge is 2.15. The first kappa shape index (κ1) is 17.0. The third kappa shape index (κ3) is 3.49. The van der Waals surface area contributed by atoms with Crippen molar-refractivity contribution in [2.45, 2.75) is 6.92 Å². The number of anilines is 1. The largest absolute Gasteiger partial charge is 0.507 e. The zero-order chi connectivity index (χ0) is 18.5. The number of aromatic hydroxyl groups is 1. The second-order valence-corrected chi connectivity index (χ2v) is 5.25. The molecule has 0 aliphatic heterocycles. The minimum Gasteiger partial charge on any atom is -0.507 e. The van der Waals surface area contributed by atoms with Gasteiger partial charge in [-0.2, -0.15) is 5.26 Å². The number of phenolic OH excluding ortho intramolecular Hbond substituents is 1. The molecule has 2 aromatic carbocycles. The van der Waals surface area contributed by atoms with Crippen LogP contribution >= 0.6 is 0 Å². The summed E-state index contributed by atoms with van der Waals surface area (Å²) in [5, 5.41) is 21.8. The smallest absolute Gasteiger partial charge is 0.355 e. The molecule has 0 aliphatic rings. The third-order valence-electron chi connectivity index (χ3n) is 3.50. The second kappa shape index (κ2) is 7.40. The maximum Gasteiger partial charge on any atom is 0.355 e. The van der Waals surface area contributed by atoms with Crippen LogP contribution in [0.1, 0.15) is 6.92 Å². The second-order valence-electron chi connectivity index (χ2n) is 5.25. The average Bonchev–Trinajstić information content (AvgIpc) is 3.07. The van der Waals surface area contributed by atoms with Gasteiger partial charge in [-0.15, -0.1) is 0 Å². The summed E-state index contributed by atoms with van der Waals surface area (Å²) in [6.07, 6.45) is 1.06. The van der Waals surface area contributed by atoms with Crippen molar-refractivity contribution in [1.82, 2.24) is 4.98 Å². The van der Waals surface area contributed by atoms with E-state index in [1.54, 1.807) is 37.3 Å². The van der Waals surface area contributed by atoms with Crippen molar-refractivity contribution in [2.24, 2.45) is 0 Å². The Morgan fingerprint density at radius 2 is 2.19 bits per heavy atom. The number of nitrogens with one attached hydrogen (secondary N) is 1. The number of benzene rings is 2. The van der Waals surface area contributed by atoms with E-state index in [4.69, 9.17) is 14.4 Å². The Balaban J connectivity index is 1.96. The monoisotopic (exact) mass is 349 g/mol. The summed E-state index contributed by atoms with van der Waals surface area (Å²) >= 11 is 0. The molecular weight excluding hydrogens is 334 g/mol. The molecule has 0 aliphatic carbocycles. The highest BCUT2D eigenvalue weighted by atomic mass is 16.5. The van der Waals surface area contributed by atoms with Crippen LogP contribution in [0.15, 0.2) is 58.7 Å². The van der Waals surface area contributed by atoms with E-state index < -0.39 is 5.97 Å². The Kier molecular flexibility index (Phi) is 4.85. The van der Waals surface area contributed by atoms with Gasteiger partial charge in [0.2, 0.25) is 5.89 Å². The molecule has 0 bridgehead atoms. The van der Waals surface area contributed by atoms with E-state index in [0.717, 1.165) is 6.08 Å². The normalized spacial score (nSPS) is 11.2. The maximum absolute atomic E-state index is 11.9. The van der Waals surface area contributed by atoms with Gasteiger partial charge < -0.3 is 19.6 Å². The summed E-state index contributed by atoms with van der Waals surface area (Å²) in [6, 6.07) is 13.6. The van der Waals surface area contributed by atoms with Crippen molar-refractivity contribution in [3.63, 3.8) is 0 Å². The molecule has 26 heavy (non-hydrogen) atoms. The highest BCUT2D eigenvalue weighted by molar-refractivity contribution is 5.92. The van der Waals surface area contributed by atoms with E-state index in [1.807, 2.05) is 12.1 Å². The van der Waals surface area contributed by atoms with E-state index in [2.05, 4.69) is 10.3 Å². The van der Waals surface area contributed by atoms with Crippen LogP contribution in [0.3, 0.4) is 0 Å². The fraction of sp³-hybridized carbons (Fsp3) is 0.105. The number of phenols is 1. The number of ether oxygens (including phenoxy) is 1. The highest BCUT2D eigenvalue weighted by Crippen LogP contribution is 2.33. The number of nitriles is 1. The summed E-state index contributed by atoms with van der Waals surface area (Å²) in [4.78, 5) is 16.2. The zero-order valence-electron chi connectivity index (χ0n) is 13.9. The van der Waals surface area contributed by atoms with Crippen LogP contribution in [0.4, 0.5) is 5.69 Å². The average molecular weight is 349 g/mol. The molecule has 3 aromatic rings. The standard InChI is InChI=1S/C19H15N3O4/c1-2-25-19(24)15(9-10-20)21-12-7-8-16(23)13(11-12)18-22-14-5-3-4-6-17(14)26-18/h3-9,11,21,23H,2H2,1H3/b15-9+. The van der Waals surface area contributed by atoms with Crippen LogP contribution in [0.25, 0.3) is 22.6 Å². The molecule has 1 heterocycles. The molecule has 0 atom stereocenters. The number of oxazole rings is 1. The van der Waals surface area contributed by atoms with Gasteiger partial charge in [0.05, 0.1) is 18.2 Å². The third-order valence-corrected chi connectivity index (χ3v) is 3.50. The molecule has 7 heteroatoms. The van der Waals surface area contributed by atoms with E-state index in [9.17, 15) is 9.90 Å². The molecule has 1 aromatic heterocycles. The molecule has 7 nitrogen and oxygen atoms in total. The van der Waals surface area contributed by atoms with Gasteiger partial charge in [0.25, 0.3) is 0 Å². The molecule has 2 N–H and O–H groups in total. The number of allylic oxidation sites excluding steroid dienone is 1. The molecule has 0 saturated heterocycles. The lowest BCUT2D eigenvalue weighted by Crippen LogP contribution is -2.14. The van der Waals surface area contributed by atoms with Gasteiger partial charge in [-0.1, -0.05) is 12.1 Å². The lowest BCUT2D eigenvalue weighted by molar-refractivity contribution is -0.138. The Hall–Kier alpha value is -3.79. The number of para-hydroxylation sites is 2. The van der Waals surface area contributed by atoms with Gasteiger partial charge in [0.1, 0.15) is 17.0 Å². The maximum atomic E-state index is 11.9. The van der Waals surface area contributed by atoms with Crippen LogP contribution in [-0.4, -0.2) is 22.7 Å². The number of fused-ring (bicyclic) bond motifs is 1. The molecule has 0 spiro atoms. The molecule has 3 rings (SSSR count). The first-order chi connectivity index (χ1) is 12.6. The molecule has 0 unspecified atom stereocenters. The number of rotatable bonds is 5. The van der Waals surface area contributed by atoms with Crippen LogP contribution < -0.4 is 5.32 Å². The van der Waals surface area contributed by atoms with Crippen LogP contribution in [-0.2, 0) is 9.53 Å². The molecule has 130 valence electrons. The fourth-order valence-electron chi connectivity index (χ4n) is 2.35. The van der Waals surface area contributed by atoms with Crippen molar-refractivity contribution < 1.29 is 19.1 Å². The van der Waals surface area contributed by atoms with E-state index >= 15 is 0 Å². The summed E-state index contributed by atoms with van der Waals surface area (Å²) < 4.78 is 10.6. The lowest BCUT2D eigenvalue weighted by atomic mass is 10.1. The van der Waals surface area contributed by atoms with Gasteiger partial charge in [-0.3, -0.25) is 0 Å². The van der Waals surface area contributed by atoms with Crippen molar-refractivity contribution >= 4 is 22.8 Å². The van der Waals surface area contributed by atoms with E-state index in [-0.39, 0.29) is 23.9 Å². The van der Waals surface area contributed by atoms with Crippen LogP contribution in [0.5, 0.6) is 5.75 Å². The summed E-state index contributed by atoms with van der Waals surface area (Å²) in [6.45, 7) is 1.86. The Labute approximate surface area is 149 Å². The number of carbonyl (C=O) groups is 1. The van der Waals surface area contributed by atoms with E-state index in [0.29, 0.717) is 22.4 Å². The summed E-state index contributed by atoms with van der Waals surface area (Å²) in [7, 11) is 0. The molecule has 0 fully saturated rings. The molecule has 0 radical (unpaired) electrons. The first-order valence-corrected chi connectivity index (χ1v) is 7.85. The minimum atomic E-state index is -0.648.